The second-order valence-corrected chi connectivity index (χ2v) is 6.69. The Hall–Kier alpha value is -2.86. The highest BCUT2D eigenvalue weighted by Crippen LogP contribution is 2.30. The van der Waals surface area contributed by atoms with Crippen LogP contribution in [0.25, 0.3) is 11.3 Å². The highest BCUT2D eigenvalue weighted by Gasteiger charge is 2.13. The maximum atomic E-state index is 5.52. The van der Waals surface area contributed by atoms with Crippen molar-refractivity contribution in [3.05, 3.63) is 70.8 Å². The van der Waals surface area contributed by atoms with E-state index in [1.165, 1.54) is 11.3 Å². The van der Waals surface area contributed by atoms with Crippen molar-refractivity contribution in [3.8, 4) is 17.0 Å². The van der Waals surface area contributed by atoms with E-state index < -0.39 is 0 Å². The minimum Gasteiger partial charge on any atom is -0.496 e. The molecule has 0 aliphatic rings. The number of aromatic nitrogens is 1. The van der Waals surface area contributed by atoms with Crippen LogP contribution in [-0.2, 0) is 0 Å². The Morgan fingerprint density at radius 3 is 2.73 bits per heavy atom. The average molecular weight is 367 g/mol. The van der Waals surface area contributed by atoms with E-state index in [4.69, 9.17) is 14.3 Å². The summed E-state index contributed by atoms with van der Waals surface area (Å²) in [6.07, 6.45) is 1.64. The third kappa shape index (κ3) is 3.86. The van der Waals surface area contributed by atoms with Gasteiger partial charge in [-0.25, -0.2) is 4.68 Å². The lowest BCUT2D eigenvalue weighted by atomic mass is 10.1. The van der Waals surface area contributed by atoms with Gasteiger partial charge in [-0.2, -0.15) is 5.10 Å². The van der Waals surface area contributed by atoms with Gasteiger partial charge in [0.25, 0.3) is 0 Å². The molecule has 3 aromatic rings. The van der Waals surface area contributed by atoms with Gasteiger partial charge in [0.1, 0.15) is 17.2 Å². The lowest BCUT2D eigenvalue weighted by Crippen LogP contribution is -2.15. The summed E-state index contributed by atoms with van der Waals surface area (Å²) >= 11 is 1.53. The van der Waals surface area contributed by atoms with Crippen molar-refractivity contribution in [1.29, 1.82) is 0 Å². The van der Waals surface area contributed by atoms with Crippen LogP contribution in [0.4, 0.5) is 0 Å². The first-order valence-electron chi connectivity index (χ1n) is 8.18. The van der Waals surface area contributed by atoms with Crippen LogP contribution in [0.3, 0.4) is 0 Å². The van der Waals surface area contributed by atoms with Gasteiger partial charge in [0.2, 0.25) is 4.80 Å². The van der Waals surface area contributed by atoms with Crippen LogP contribution in [0, 0.1) is 0 Å². The van der Waals surface area contributed by atoms with Crippen molar-refractivity contribution in [1.82, 2.24) is 4.68 Å². The fraction of sp³-hybridized carbons (Fsp3) is 0.200. The molecule has 0 aliphatic carbocycles. The van der Waals surface area contributed by atoms with E-state index in [0.29, 0.717) is 6.54 Å². The van der Waals surface area contributed by atoms with Crippen molar-refractivity contribution >= 4 is 17.0 Å². The maximum absolute atomic E-state index is 5.52. The standard InChI is InChI=1S/C20H21N3O2S/c1-14(2)12-21-20-23(22-15(3)18-10-7-11-25-18)17(13-26-20)16-8-5-6-9-19(16)24-4/h5-11,13H,1,12H2,2-4H3. The number of para-hydroxylation sites is 1. The molecule has 0 N–H and O–H groups in total. The molecule has 0 amide bonds. The number of thiazole rings is 1. The number of benzene rings is 1. The topological polar surface area (TPSA) is 52.0 Å². The van der Waals surface area contributed by atoms with Crippen LogP contribution in [-0.4, -0.2) is 24.0 Å². The summed E-state index contributed by atoms with van der Waals surface area (Å²) in [6, 6.07) is 11.6. The number of ether oxygens (including phenoxy) is 1. The minimum absolute atomic E-state index is 0.557. The summed E-state index contributed by atoms with van der Waals surface area (Å²) in [5.41, 5.74) is 3.63. The fourth-order valence-corrected chi connectivity index (χ4v) is 3.25. The molecular formula is C20H21N3O2S. The molecule has 3 rings (SSSR count). The summed E-state index contributed by atoms with van der Waals surface area (Å²) in [5.74, 6) is 1.51. The molecule has 26 heavy (non-hydrogen) atoms. The number of rotatable bonds is 6. The average Bonchev–Trinajstić information content (AvgIpc) is 3.30. The molecule has 2 heterocycles. The number of nitrogens with zero attached hydrogens (tertiary/aromatic N) is 3. The van der Waals surface area contributed by atoms with Crippen LogP contribution in [0.2, 0.25) is 0 Å². The number of furan rings is 1. The third-order valence-corrected chi connectivity index (χ3v) is 4.53. The van der Waals surface area contributed by atoms with Crippen molar-refractivity contribution in [2.75, 3.05) is 13.7 Å². The van der Waals surface area contributed by atoms with E-state index in [0.717, 1.165) is 38.9 Å². The smallest absolute Gasteiger partial charge is 0.206 e. The van der Waals surface area contributed by atoms with E-state index >= 15 is 0 Å². The highest BCUT2D eigenvalue weighted by molar-refractivity contribution is 7.07. The van der Waals surface area contributed by atoms with Gasteiger partial charge in [0, 0.05) is 10.9 Å². The first kappa shape index (κ1) is 17.9. The zero-order valence-electron chi connectivity index (χ0n) is 15.1. The SMILES string of the molecule is C=C(C)CN=c1scc(-c2ccccc2OC)n1N=C(C)c1ccco1. The van der Waals surface area contributed by atoms with Gasteiger partial charge < -0.3 is 9.15 Å². The summed E-state index contributed by atoms with van der Waals surface area (Å²) in [4.78, 5) is 5.44. The van der Waals surface area contributed by atoms with Crippen LogP contribution in [0.15, 0.2) is 74.7 Å². The van der Waals surface area contributed by atoms with E-state index in [9.17, 15) is 0 Å². The monoisotopic (exact) mass is 367 g/mol. The van der Waals surface area contributed by atoms with E-state index in [2.05, 4.69) is 11.6 Å². The Bertz CT molecular complexity index is 994. The number of methoxy groups -OCH3 is 1. The van der Waals surface area contributed by atoms with Crippen molar-refractivity contribution in [3.63, 3.8) is 0 Å². The molecule has 6 heteroatoms. The molecule has 0 aliphatic heterocycles. The predicted octanol–water partition coefficient (Wildman–Crippen LogP) is 4.57. The Morgan fingerprint density at radius 1 is 1.23 bits per heavy atom. The molecule has 0 unspecified atom stereocenters. The Morgan fingerprint density at radius 2 is 2.04 bits per heavy atom. The molecule has 0 fully saturated rings. The van der Waals surface area contributed by atoms with E-state index in [1.807, 2.05) is 60.3 Å². The number of hydrogen-bond acceptors (Lipinski definition) is 5. The van der Waals surface area contributed by atoms with Crippen molar-refractivity contribution in [2.24, 2.45) is 10.1 Å². The van der Waals surface area contributed by atoms with Crippen LogP contribution in [0.5, 0.6) is 5.75 Å². The molecule has 0 radical (unpaired) electrons. The van der Waals surface area contributed by atoms with E-state index in [-0.39, 0.29) is 0 Å². The summed E-state index contributed by atoms with van der Waals surface area (Å²) < 4.78 is 12.8. The molecule has 0 atom stereocenters. The Kier molecular flexibility index (Phi) is 5.53. The molecule has 0 spiro atoms. The fourth-order valence-electron chi connectivity index (χ4n) is 2.43. The minimum atomic E-state index is 0.557. The first-order valence-corrected chi connectivity index (χ1v) is 9.06. The largest absolute Gasteiger partial charge is 0.496 e. The van der Waals surface area contributed by atoms with Crippen LogP contribution in [0.1, 0.15) is 19.6 Å². The van der Waals surface area contributed by atoms with Gasteiger partial charge in [-0.05, 0) is 38.1 Å². The Labute approximate surface area is 156 Å². The van der Waals surface area contributed by atoms with Gasteiger partial charge in [-0.15, -0.1) is 11.3 Å². The molecule has 0 saturated heterocycles. The Balaban J connectivity index is 2.18. The normalized spacial score (nSPS) is 12.4. The summed E-state index contributed by atoms with van der Waals surface area (Å²) in [7, 11) is 1.67. The van der Waals surface area contributed by atoms with Crippen molar-refractivity contribution in [2.45, 2.75) is 13.8 Å². The summed E-state index contributed by atoms with van der Waals surface area (Å²) in [5, 5.41) is 6.80. The van der Waals surface area contributed by atoms with E-state index in [1.54, 1.807) is 13.4 Å². The van der Waals surface area contributed by atoms with Crippen LogP contribution >= 0.6 is 11.3 Å². The highest BCUT2D eigenvalue weighted by atomic mass is 32.1. The summed E-state index contributed by atoms with van der Waals surface area (Å²) in [6.45, 7) is 8.35. The molecular weight excluding hydrogens is 346 g/mol. The van der Waals surface area contributed by atoms with Gasteiger partial charge >= 0.3 is 0 Å². The third-order valence-electron chi connectivity index (χ3n) is 3.68. The van der Waals surface area contributed by atoms with Gasteiger partial charge in [-0.3, -0.25) is 4.99 Å². The molecule has 0 bridgehead atoms. The first-order chi connectivity index (χ1) is 12.6. The molecule has 5 nitrogen and oxygen atoms in total. The molecule has 2 aromatic heterocycles. The zero-order chi connectivity index (χ0) is 18.5. The predicted molar refractivity (Wildman–Crippen MR) is 106 cm³/mol. The van der Waals surface area contributed by atoms with Gasteiger partial charge in [-0.1, -0.05) is 24.3 Å². The lowest BCUT2D eigenvalue weighted by Gasteiger charge is -2.09. The molecule has 0 saturated carbocycles. The maximum Gasteiger partial charge on any atom is 0.206 e. The second kappa shape index (κ2) is 8.01. The lowest BCUT2D eigenvalue weighted by molar-refractivity contribution is 0.416. The zero-order valence-corrected chi connectivity index (χ0v) is 15.9. The molecule has 134 valence electrons. The van der Waals surface area contributed by atoms with Crippen LogP contribution < -0.4 is 9.54 Å². The molecule has 1 aromatic carbocycles. The quantitative estimate of drug-likeness (QED) is 0.473. The van der Waals surface area contributed by atoms with Gasteiger partial charge in [0.05, 0.1) is 25.6 Å². The van der Waals surface area contributed by atoms with Crippen molar-refractivity contribution < 1.29 is 9.15 Å². The van der Waals surface area contributed by atoms with Gasteiger partial charge in [0.15, 0.2) is 0 Å². The number of hydrogen-bond donors (Lipinski definition) is 0. The second-order valence-electron chi connectivity index (χ2n) is 5.85.